The van der Waals surface area contributed by atoms with Crippen LogP contribution in [0.4, 0.5) is 8.78 Å². The zero-order valence-electron chi connectivity index (χ0n) is 11.5. The Balaban J connectivity index is 1.98. The molecule has 1 amide bonds. The lowest BCUT2D eigenvalue weighted by Crippen LogP contribution is -2.44. The van der Waals surface area contributed by atoms with Crippen molar-refractivity contribution in [2.24, 2.45) is 0 Å². The van der Waals surface area contributed by atoms with Crippen molar-refractivity contribution in [2.45, 2.75) is 44.3 Å². The molecule has 20 heavy (non-hydrogen) atoms. The molecule has 5 heteroatoms. The standard InChI is InChI=1S/C15H18F2N2O/c1-2-19-13(11-6-5-10(16)9-12(11)17)18-15(14(19)20)7-3-4-8-15/h5-6,9,13,18H,2-4,7-8H2,1H3. The van der Waals surface area contributed by atoms with Gasteiger partial charge in [0.2, 0.25) is 5.91 Å². The first-order valence-corrected chi connectivity index (χ1v) is 7.11. The third-order valence-electron chi connectivity index (χ3n) is 4.45. The second kappa shape index (κ2) is 4.81. The highest BCUT2D eigenvalue weighted by atomic mass is 19.1. The van der Waals surface area contributed by atoms with E-state index in [1.165, 1.54) is 12.1 Å². The molecular weight excluding hydrogens is 262 g/mol. The number of benzene rings is 1. The Labute approximate surface area is 117 Å². The maximum Gasteiger partial charge on any atom is 0.244 e. The highest BCUT2D eigenvalue weighted by Gasteiger charge is 2.52. The molecule has 0 radical (unpaired) electrons. The number of halogens is 2. The van der Waals surface area contributed by atoms with E-state index in [0.717, 1.165) is 31.7 Å². The van der Waals surface area contributed by atoms with E-state index in [4.69, 9.17) is 0 Å². The fourth-order valence-electron chi connectivity index (χ4n) is 3.43. The number of likely N-dealkylation sites (N-methyl/N-ethyl adjacent to an activating group) is 1. The Kier molecular flexibility index (Phi) is 3.24. The first-order valence-electron chi connectivity index (χ1n) is 7.11. The molecule has 1 aliphatic heterocycles. The van der Waals surface area contributed by atoms with Gasteiger partial charge in [0.05, 0.1) is 5.54 Å². The Morgan fingerprint density at radius 2 is 2.05 bits per heavy atom. The van der Waals surface area contributed by atoms with Crippen molar-refractivity contribution in [3.8, 4) is 0 Å². The second-order valence-corrected chi connectivity index (χ2v) is 5.59. The van der Waals surface area contributed by atoms with Gasteiger partial charge in [-0.25, -0.2) is 8.78 Å². The van der Waals surface area contributed by atoms with Gasteiger partial charge in [-0.2, -0.15) is 0 Å². The summed E-state index contributed by atoms with van der Waals surface area (Å²) in [5.41, 5.74) is -0.202. The van der Waals surface area contributed by atoms with Gasteiger partial charge in [0, 0.05) is 18.2 Å². The summed E-state index contributed by atoms with van der Waals surface area (Å²) in [6.07, 6.45) is 3.11. The fraction of sp³-hybridized carbons (Fsp3) is 0.533. The van der Waals surface area contributed by atoms with Gasteiger partial charge in [0.1, 0.15) is 17.8 Å². The lowest BCUT2D eigenvalue weighted by Gasteiger charge is -2.23. The molecule has 1 N–H and O–H groups in total. The molecule has 3 nitrogen and oxygen atoms in total. The van der Waals surface area contributed by atoms with E-state index in [9.17, 15) is 13.6 Å². The Morgan fingerprint density at radius 1 is 1.35 bits per heavy atom. The minimum absolute atomic E-state index is 0.0474. The van der Waals surface area contributed by atoms with E-state index >= 15 is 0 Å². The normalized spacial score (nSPS) is 24.9. The molecule has 3 rings (SSSR count). The summed E-state index contributed by atoms with van der Waals surface area (Å²) in [7, 11) is 0. The van der Waals surface area contributed by atoms with Gasteiger partial charge in [0.15, 0.2) is 0 Å². The van der Waals surface area contributed by atoms with Gasteiger partial charge in [0.25, 0.3) is 0 Å². The highest BCUT2D eigenvalue weighted by molar-refractivity contribution is 5.89. The molecule has 0 aromatic heterocycles. The van der Waals surface area contributed by atoms with Crippen LogP contribution < -0.4 is 5.32 Å². The summed E-state index contributed by atoms with van der Waals surface area (Å²) < 4.78 is 27.0. The van der Waals surface area contributed by atoms with Crippen LogP contribution in [0, 0.1) is 11.6 Å². The zero-order valence-corrected chi connectivity index (χ0v) is 11.5. The van der Waals surface area contributed by atoms with E-state index in [0.29, 0.717) is 12.1 Å². The molecule has 108 valence electrons. The van der Waals surface area contributed by atoms with Crippen molar-refractivity contribution in [3.63, 3.8) is 0 Å². The molecule has 1 unspecified atom stereocenters. The van der Waals surface area contributed by atoms with Gasteiger partial charge in [-0.05, 0) is 31.9 Å². The van der Waals surface area contributed by atoms with Crippen molar-refractivity contribution < 1.29 is 13.6 Å². The van der Waals surface area contributed by atoms with Crippen molar-refractivity contribution in [2.75, 3.05) is 6.54 Å². The molecule has 1 saturated heterocycles. The van der Waals surface area contributed by atoms with Crippen LogP contribution in [0.2, 0.25) is 0 Å². The Hall–Kier alpha value is -1.49. The zero-order chi connectivity index (χ0) is 14.3. The Morgan fingerprint density at radius 3 is 2.65 bits per heavy atom. The van der Waals surface area contributed by atoms with Crippen molar-refractivity contribution >= 4 is 5.91 Å². The first kappa shape index (κ1) is 13.5. The highest BCUT2D eigenvalue weighted by Crippen LogP contribution is 2.41. The molecule has 1 spiro atoms. The summed E-state index contributed by atoms with van der Waals surface area (Å²) in [5.74, 6) is -1.16. The second-order valence-electron chi connectivity index (χ2n) is 5.59. The summed E-state index contributed by atoms with van der Waals surface area (Å²) in [6, 6.07) is 3.53. The minimum Gasteiger partial charge on any atom is -0.321 e. The first-order chi connectivity index (χ1) is 9.57. The van der Waals surface area contributed by atoms with Crippen LogP contribution >= 0.6 is 0 Å². The van der Waals surface area contributed by atoms with Crippen LogP contribution in [0.3, 0.4) is 0 Å². The lowest BCUT2D eigenvalue weighted by atomic mass is 9.98. The molecule has 1 aromatic carbocycles. The molecule has 2 fully saturated rings. The number of amides is 1. The van der Waals surface area contributed by atoms with Crippen LogP contribution in [-0.4, -0.2) is 22.9 Å². The van der Waals surface area contributed by atoms with Crippen LogP contribution in [0.1, 0.15) is 44.3 Å². The number of nitrogens with zero attached hydrogens (tertiary/aromatic N) is 1. The Bertz CT molecular complexity index is 541. The van der Waals surface area contributed by atoms with E-state index in [2.05, 4.69) is 5.32 Å². The number of hydrogen-bond acceptors (Lipinski definition) is 2. The molecule has 1 aromatic rings. The van der Waals surface area contributed by atoms with E-state index in [1.807, 2.05) is 6.92 Å². The van der Waals surface area contributed by atoms with Gasteiger partial charge < -0.3 is 4.90 Å². The maximum atomic E-state index is 14.0. The van der Waals surface area contributed by atoms with Gasteiger partial charge in [-0.15, -0.1) is 0 Å². The van der Waals surface area contributed by atoms with Crippen LogP contribution in [0.15, 0.2) is 18.2 Å². The number of nitrogens with one attached hydrogen (secondary N) is 1. The summed E-state index contributed by atoms with van der Waals surface area (Å²) >= 11 is 0. The lowest BCUT2D eigenvalue weighted by molar-refractivity contribution is -0.133. The van der Waals surface area contributed by atoms with Crippen molar-refractivity contribution in [1.82, 2.24) is 10.2 Å². The van der Waals surface area contributed by atoms with E-state index in [1.54, 1.807) is 4.90 Å². The topological polar surface area (TPSA) is 32.3 Å². The number of carbonyl (C=O) groups is 1. The fourth-order valence-corrected chi connectivity index (χ4v) is 3.43. The average Bonchev–Trinajstić information content (AvgIpc) is 2.98. The quantitative estimate of drug-likeness (QED) is 0.903. The largest absolute Gasteiger partial charge is 0.321 e. The SMILES string of the molecule is CCN1C(=O)C2(CCCC2)NC1c1ccc(F)cc1F. The average molecular weight is 280 g/mol. The van der Waals surface area contributed by atoms with Crippen molar-refractivity contribution in [3.05, 3.63) is 35.4 Å². The molecule has 2 aliphatic rings. The van der Waals surface area contributed by atoms with Crippen LogP contribution in [-0.2, 0) is 4.79 Å². The predicted molar refractivity (Wildman–Crippen MR) is 70.8 cm³/mol. The van der Waals surface area contributed by atoms with E-state index in [-0.39, 0.29) is 5.91 Å². The van der Waals surface area contributed by atoms with Crippen molar-refractivity contribution in [1.29, 1.82) is 0 Å². The molecule has 0 bridgehead atoms. The molecular formula is C15H18F2N2O. The molecule has 1 aliphatic carbocycles. The summed E-state index contributed by atoms with van der Waals surface area (Å²) in [4.78, 5) is 14.2. The number of rotatable bonds is 2. The molecule has 1 heterocycles. The van der Waals surface area contributed by atoms with Gasteiger partial charge in [-0.1, -0.05) is 12.8 Å². The monoisotopic (exact) mass is 280 g/mol. The minimum atomic E-state index is -0.608. The van der Waals surface area contributed by atoms with Gasteiger partial charge >= 0.3 is 0 Å². The smallest absolute Gasteiger partial charge is 0.244 e. The maximum absolute atomic E-state index is 14.0. The third kappa shape index (κ3) is 1.92. The molecule has 1 atom stereocenters. The molecule has 1 saturated carbocycles. The predicted octanol–water partition coefficient (Wildman–Crippen LogP) is 2.73. The number of hydrogen-bond donors (Lipinski definition) is 1. The summed E-state index contributed by atoms with van der Waals surface area (Å²) in [6.45, 7) is 2.39. The third-order valence-corrected chi connectivity index (χ3v) is 4.45. The van der Waals surface area contributed by atoms with Crippen LogP contribution in [0.5, 0.6) is 0 Å². The number of carbonyl (C=O) groups excluding carboxylic acids is 1. The van der Waals surface area contributed by atoms with Crippen LogP contribution in [0.25, 0.3) is 0 Å². The van der Waals surface area contributed by atoms with Gasteiger partial charge in [-0.3, -0.25) is 10.1 Å². The van der Waals surface area contributed by atoms with E-state index < -0.39 is 23.3 Å². The summed E-state index contributed by atoms with van der Waals surface area (Å²) in [5, 5.41) is 3.31.